The molecule has 0 spiro atoms. The summed E-state index contributed by atoms with van der Waals surface area (Å²) in [4.78, 5) is 29.7. The Morgan fingerprint density at radius 2 is 1.90 bits per heavy atom. The molecule has 0 unspecified atom stereocenters. The summed E-state index contributed by atoms with van der Waals surface area (Å²) in [6.07, 6.45) is 2.95. The summed E-state index contributed by atoms with van der Waals surface area (Å²) < 4.78 is 3.19. The molecule has 158 valence electrons. The van der Waals surface area contributed by atoms with E-state index in [1.54, 1.807) is 54.2 Å². The Morgan fingerprint density at radius 1 is 1.10 bits per heavy atom. The van der Waals surface area contributed by atoms with Crippen LogP contribution >= 0.6 is 0 Å². The molecule has 0 bridgehead atoms. The number of carbonyl (C=O) groups excluding carboxylic acids is 2. The first-order chi connectivity index (χ1) is 14.8. The molecule has 3 aromatic heterocycles. The van der Waals surface area contributed by atoms with Gasteiger partial charge in [-0.05, 0) is 24.1 Å². The average molecular weight is 418 g/mol. The zero-order valence-corrected chi connectivity index (χ0v) is 17.3. The normalized spacial score (nSPS) is 11.1. The van der Waals surface area contributed by atoms with Crippen molar-refractivity contribution in [1.29, 1.82) is 0 Å². The van der Waals surface area contributed by atoms with Crippen LogP contribution in [0.1, 0.15) is 41.4 Å². The Morgan fingerprint density at radius 3 is 2.61 bits per heavy atom. The fourth-order valence-electron chi connectivity index (χ4n) is 3.35. The highest BCUT2D eigenvalue weighted by molar-refractivity contribution is 6.15. The maximum atomic E-state index is 13.3. The molecule has 2 amide bonds. The highest BCUT2D eigenvalue weighted by Crippen LogP contribution is 2.27. The van der Waals surface area contributed by atoms with Crippen LogP contribution in [0.2, 0.25) is 0 Å². The zero-order valence-electron chi connectivity index (χ0n) is 17.3. The van der Waals surface area contributed by atoms with E-state index in [0.29, 0.717) is 28.1 Å². The summed E-state index contributed by atoms with van der Waals surface area (Å²) in [5.74, 6) is 0.672. The fraction of sp³-hybridized carbons (Fsp3) is 0.190. The number of anilines is 3. The van der Waals surface area contributed by atoms with Crippen LogP contribution in [0, 0.1) is 0 Å². The first-order valence-corrected chi connectivity index (χ1v) is 9.68. The molecule has 31 heavy (non-hydrogen) atoms. The standard InChI is InChI=1S/C21H22N8O2/c1-12(2)16-10-15(18-20(22)23-11-25-29(16)18)19(30)13-5-4-6-14(9-13)26-21(31)27-17-7-8-24-28(17)3/h4-12H,1-3H3,(H2,22,23,25)(H2,26,27,31). The number of benzene rings is 1. The van der Waals surface area contributed by atoms with E-state index in [2.05, 4.69) is 25.8 Å². The van der Waals surface area contributed by atoms with Crippen molar-refractivity contribution < 1.29 is 9.59 Å². The summed E-state index contributed by atoms with van der Waals surface area (Å²) in [7, 11) is 1.72. The van der Waals surface area contributed by atoms with Crippen LogP contribution in [-0.2, 0) is 7.05 Å². The van der Waals surface area contributed by atoms with Gasteiger partial charge < -0.3 is 11.1 Å². The second-order valence-electron chi connectivity index (χ2n) is 7.37. The van der Waals surface area contributed by atoms with Gasteiger partial charge in [-0.2, -0.15) is 10.2 Å². The smallest absolute Gasteiger partial charge is 0.324 e. The Hall–Kier alpha value is -4.21. The third kappa shape index (κ3) is 3.82. The maximum absolute atomic E-state index is 13.3. The molecule has 0 saturated carbocycles. The summed E-state index contributed by atoms with van der Waals surface area (Å²) in [5.41, 5.74) is 8.69. The van der Waals surface area contributed by atoms with E-state index in [-0.39, 0.29) is 17.5 Å². The number of nitrogens with zero attached hydrogens (tertiary/aromatic N) is 5. The molecule has 1 aromatic carbocycles. The minimum Gasteiger partial charge on any atom is -0.382 e. The number of hydrogen-bond acceptors (Lipinski definition) is 6. The van der Waals surface area contributed by atoms with E-state index < -0.39 is 6.03 Å². The Kier molecular flexibility index (Phi) is 5.12. The summed E-state index contributed by atoms with van der Waals surface area (Å²) in [6, 6.07) is 9.73. The molecule has 10 nitrogen and oxygen atoms in total. The van der Waals surface area contributed by atoms with Crippen LogP contribution in [0.5, 0.6) is 0 Å². The number of amides is 2. The predicted octanol–water partition coefficient (Wildman–Crippen LogP) is 3.04. The van der Waals surface area contributed by atoms with Gasteiger partial charge in [-0.1, -0.05) is 26.0 Å². The Bertz CT molecular complexity index is 1290. The van der Waals surface area contributed by atoms with Gasteiger partial charge in [0.15, 0.2) is 11.6 Å². The monoisotopic (exact) mass is 418 g/mol. The van der Waals surface area contributed by atoms with Crippen LogP contribution in [0.15, 0.2) is 48.9 Å². The number of ketones is 1. The van der Waals surface area contributed by atoms with Crippen molar-refractivity contribution in [2.24, 2.45) is 7.05 Å². The molecule has 4 rings (SSSR count). The van der Waals surface area contributed by atoms with E-state index >= 15 is 0 Å². The van der Waals surface area contributed by atoms with Crippen molar-refractivity contribution in [2.75, 3.05) is 16.4 Å². The fourth-order valence-corrected chi connectivity index (χ4v) is 3.35. The van der Waals surface area contributed by atoms with Gasteiger partial charge in [-0.3, -0.25) is 14.8 Å². The molecular formula is C21H22N8O2. The molecule has 0 aliphatic heterocycles. The Balaban J connectivity index is 1.63. The lowest BCUT2D eigenvalue weighted by Gasteiger charge is -2.09. The lowest BCUT2D eigenvalue weighted by atomic mass is 10.0. The average Bonchev–Trinajstić information content (AvgIpc) is 3.32. The number of nitrogens with one attached hydrogen (secondary N) is 2. The van der Waals surface area contributed by atoms with Crippen molar-refractivity contribution in [3.63, 3.8) is 0 Å². The predicted molar refractivity (Wildman–Crippen MR) is 117 cm³/mol. The first-order valence-electron chi connectivity index (χ1n) is 9.68. The van der Waals surface area contributed by atoms with Crippen LogP contribution in [0.25, 0.3) is 5.52 Å². The van der Waals surface area contributed by atoms with E-state index in [1.807, 2.05) is 13.8 Å². The molecule has 0 radical (unpaired) electrons. The number of urea groups is 1. The largest absolute Gasteiger partial charge is 0.382 e. The van der Waals surface area contributed by atoms with Crippen molar-refractivity contribution in [2.45, 2.75) is 19.8 Å². The second kappa shape index (κ2) is 7.90. The van der Waals surface area contributed by atoms with Gasteiger partial charge in [0.1, 0.15) is 17.7 Å². The molecular weight excluding hydrogens is 396 g/mol. The quantitative estimate of drug-likeness (QED) is 0.427. The highest BCUT2D eigenvalue weighted by Gasteiger charge is 2.22. The van der Waals surface area contributed by atoms with Crippen LogP contribution in [0.3, 0.4) is 0 Å². The SMILES string of the molecule is CC(C)c1cc(C(=O)c2cccc(NC(=O)Nc3ccnn3C)c2)c2c(N)ncnn12. The van der Waals surface area contributed by atoms with Crippen molar-refractivity contribution in [3.8, 4) is 0 Å². The first kappa shape index (κ1) is 20.1. The highest BCUT2D eigenvalue weighted by atomic mass is 16.2. The summed E-state index contributed by atoms with van der Waals surface area (Å²) >= 11 is 0. The second-order valence-corrected chi connectivity index (χ2v) is 7.37. The van der Waals surface area contributed by atoms with Crippen molar-refractivity contribution in [1.82, 2.24) is 24.4 Å². The molecule has 4 aromatic rings. The van der Waals surface area contributed by atoms with Crippen LogP contribution < -0.4 is 16.4 Å². The van der Waals surface area contributed by atoms with Crippen LogP contribution in [0.4, 0.5) is 22.1 Å². The number of fused-ring (bicyclic) bond motifs is 1. The van der Waals surface area contributed by atoms with Crippen molar-refractivity contribution in [3.05, 3.63) is 65.7 Å². The number of rotatable bonds is 5. The molecule has 0 aliphatic rings. The molecule has 4 N–H and O–H groups in total. The number of nitrogens with two attached hydrogens (primary N) is 1. The van der Waals surface area contributed by atoms with Crippen molar-refractivity contribution >= 4 is 34.7 Å². The Labute approximate surface area is 178 Å². The molecule has 0 saturated heterocycles. The third-order valence-electron chi connectivity index (χ3n) is 4.89. The van der Waals surface area contributed by atoms with Gasteiger partial charge in [0.2, 0.25) is 0 Å². The molecule has 10 heteroatoms. The number of aryl methyl sites for hydroxylation is 1. The zero-order chi connectivity index (χ0) is 22.1. The van der Waals surface area contributed by atoms with Gasteiger partial charge in [-0.15, -0.1) is 0 Å². The van der Waals surface area contributed by atoms with Gasteiger partial charge in [0, 0.05) is 30.1 Å². The summed E-state index contributed by atoms with van der Waals surface area (Å²) in [5, 5.41) is 13.7. The molecule has 0 aliphatic carbocycles. The minimum absolute atomic E-state index is 0.132. The van der Waals surface area contributed by atoms with Crippen LogP contribution in [-0.4, -0.2) is 36.2 Å². The van der Waals surface area contributed by atoms with E-state index in [1.165, 1.54) is 11.0 Å². The molecule has 0 atom stereocenters. The lowest BCUT2D eigenvalue weighted by Crippen LogP contribution is -2.21. The van der Waals surface area contributed by atoms with Gasteiger partial charge in [0.05, 0.1) is 11.8 Å². The summed E-state index contributed by atoms with van der Waals surface area (Å²) in [6.45, 7) is 4.03. The number of aromatic nitrogens is 5. The maximum Gasteiger partial charge on any atom is 0.324 e. The number of carbonyl (C=O) groups is 2. The molecule has 0 fully saturated rings. The van der Waals surface area contributed by atoms with Gasteiger partial charge in [0.25, 0.3) is 0 Å². The van der Waals surface area contributed by atoms with E-state index in [0.717, 1.165) is 5.69 Å². The van der Waals surface area contributed by atoms with E-state index in [4.69, 9.17) is 5.73 Å². The lowest BCUT2D eigenvalue weighted by molar-refractivity contribution is 0.104. The number of hydrogen-bond donors (Lipinski definition) is 3. The minimum atomic E-state index is -0.442. The van der Waals surface area contributed by atoms with Gasteiger partial charge in [-0.25, -0.2) is 14.3 Å². The van der Waals surface area contributed by atoms with E-state index in [9.17, 15) is 9.59 Å². The van der Waals surface area contributed by atoms with Gasteiger partial charge >= 0.3 is 6.03 Å². The third-order valence-corrected chi connectivity index (χ3v) is 4.89. The number of nitrogen functional groups attached to an aromatic ring is 1. The molecule has 3 heterocycles. The topological polar surface area (TPSA) is 132 Å².